The first-order chi connectivity index (χ1) is 12.0. The molecule has 0 spiro atoms. The van der Waals surface area contributed by atoms with Crippen molar-refractivity contribution in [2.24, 2.45) is 5.73 Å². The summed E-state index contributed by atoms with van der Waals surface area (Å²) in [5, 5.41) is 2.65. The van der Waals surface area contributed by atoms with Gasteiger partial charge in [0.25, 0.3) is 5.91 Å². The lowest BCUT2D eigenvalue weighted by molar-refractivity contribution is -0.117. The Kier molecular flexibility index (Phi) is 4.99. The van der Waals surface area contributed by atoms with Crippen molar-refractivity contribution in [3.63, 3.8) is 0 Å². The van der Waals surface area contributed by atoms with E-state index in [0.717, 1.165) is 5.69 Å². The molecule has 1 unspecified atom stereocenters. The number of piperazine rings is 1. The van der Waals surface area contributed by atoms with Gasteiger partial charge in [0.15, 0.2) is 5.76 Å². The molecule has 0 aromatic carbocycles. The number of nitrogens with two attached hydrogens (primary N) is 1. The molecular weight excluding hydrogens is 322 g/mol. The molecule has 0 radical (unpaired) electrons. The molecule has 1 saturated heterocycles. The van der Waals surface area contributed by atoms with E-state index in [9.17, 15) is 9.59 Å². The molecule has 2 aromatic heterocycles. The van der Waals surface area contributed by atoms with Gasteiger partial charge in [0.2, 0.25) is 5.91 Å². The fourth-order valence-electron chi connectivity index (χ4n) is 2.61. The van der Waals surface area contributed by atoms with Crippen molar-refractivity contribution in [3.8, 4) is 0 Å². The molecule has 0 aliphatic carbocycles. The molecule has 8 nitrogen and oxygen atoms in total. The largest absolute Gasteiger partial charge is 0.459 e. The fraction of sp³-hybridized carbons (Fsp3) is 0.353. The van der Waals surface area contributed by atoms with Crippen molar-refractivity contribution in [3.05, 3.63) is 42.5 Å². The molecule has 0 saturated carbocycles. The molecule has 2 aromatic rings. The van der Waals surface area contributed by atoms with Gasteiger partial charge in [0, 0.05) is 26.2 Å². The number of pyridine rings is 1. The van der Waals surface area contributed by atoms with Gasteiger partial charge in [-0.1, -0.05) is 0 Å². The van der Waals surface area contributed by atoms with E-state index in [0.29, 0.717) is 37.8 Å². The molecule has 0 bridgehead atoms. The second-order valence-electron chi connectivity index (χ2n) is 5.94. The number of nitrogens with zero attached hydrogens (tertiary/aromatic N) is 3. The molecule has 3 N–H and O–H groups in total. The Hall–Kier alpha value is -2.87. The third-order valence-corrected chi connectivity index (χ3v) is 4.08. The van der Waals surface area contributed by atoms with E-state index in [-0.39, 0.29) is 11.8 Å². The van der Waals surface area contributed by atoms with Crippen molar-refractivity contribution >= 4 is 23.3 Å². The Morgan fingerprint density at radius 2 is 2.00 bits per heavy atom. The van der Waals surface area contributed by atoms with E-state index in [1.807, 2.05) is 6.07 Å². The predicted molar refractivity (Wildman–Crippen MR) is 93.3 cm³/mol. The van der Waals surface area contributed by atoms with E-state index in [4.69, 9.17) is 10.2 Å². The summed E-state index contributed by atoms with van der Waals surface area (Å²) >= 11 is 0. The van der Waals surface area contributed by atoms with E-state index >= 15 is 0 Å². The van der Waals surface area contributed by atoms with Crippen LogP contribution in [0.3, 0.4) is 0 Å². The lowest BCUT2D eigenvalue weighted by atomic mass is 10.2. The summed E-state index contributed by atoms with van der Waals surface area (Å²) in [6, 6.07) is 6.44. The standard InChI is InChI=1S/C17H21N5O3/c1-12(18)16(23)20-15-5-4-13(11-19-15)21-6-8-22(9-7-21)17(24)14-3-2-10-25-14/h2-5,10-12H,6-9,18H2,1H3,(H,19,20,23). The number of anilines is 2. The minimum absolute atomic E-state index is 0.0864. The number of rotatable bonds is 4. The van der Waals surface area contributed by atoms with E-state index in [1.165, 1.54) is 6.26 Å². The first kappa shape index (κ1) is 17.0. The average Bonchev–Trinajstić information content (AvgIpc) is 3.16. The number of carbonyl (C=O) groups is 2. The van der Waals surface area contributed by atoms with Crippen LogP contribution in [0, 0.1) is 0 Å². The van der Waals surface area contributed by atoms with Gasteiger partial charge in [-0.3, -0.25) is 9.59 Å². The van der Waals surface area contributed by atoms with Gasteiger partial charge in [0.1, 0.15) is 5.82 Å². The summed E-state index contributed by atoms with van der Waals surface area (Å²) in [6.07, 6.45) is 3.21. The lowest BCUT2D eigenvalue weighted by Gasteiger charge is -2.35. The number of furan rings is 1. The van der Waals surface area contributed by atoms with Crippen LogP contribution in [0.4, 0.5) is 11.5 Å². The lowest BCUT2D eigenvalue weighted by Crippen LogP contribution is -2.48. The van der Waals surface area contributed by atoms with E-state index in [2.05, 4.69) is 15.2 Å². The molecule has 25 heavy (non-hydrogen) atoms. The Bertz CT molecular complexity index is 719. The van der Waals surface area contributed by atoms with Crippen LogP contribution < -0.4 is 16.0 Å². The Morgan fingerprint density at radius 1 is 1.24 bits per heavy atom. The summed E-state index contributed by atoms with van der Waals surface area (Å²) in [5.74, 6) is 0.476. The Labute approximate surface area is 145 Å². The highest BCUT2D eigenvalue weighted by molar-refractivity contribution is 5.93. The number of nitrogens with one attached hydrogen (secondary N) is 1. The highest BCUT2D eigenvalue weighted by atomic mass is 16.3. The third-order valence-electron chi connectivity index (χ3n) is 4.08. The molecular formula is C17H21N5O3. The fourth-order valence-corrected chi connectivity index (χ4v) is 2.61. The topological polar surface area (TPSA) is 105 Å². The molecule has 3 rings (SSSR count). The zero-order valence-corrected chi connectivity index (χ0v) is 14.0. The zero-order chi connectivity index (χ0) is 17.8. The monoisotopic (exact) mass is 343 g/mol. The van der Waals surface area contributed by atoms with Gasteiger partial charge >= 0.3 is 0 Å². The average molecular weight is 343 g/mol. The van der Waals surface area contributed by atoms with Crippen molar-refractivity contribution in [2.75, 3.05) is 36.4 Å². The molecule has 2 amide bonds. The first-order valence-corrected chi connectivity index (χ1v) is 8.15. The van der Waals surface area contributed by atoms with Crippen LogP contribution in [0.25, 0.3) is 0 Å². The third kappa shape index (κ3) is 3.97. The van der Waals surface area contributed by atoms with Crippen LogP contribution in [0.1, 0.15) is 17.5 Å². The maximum absolute atomic E-state index is 12.3. The van der Waals surface area contributed by atoms with Gasteiger partial charge in [-0.2, -0.15) is 0 Å². The van der Waals surface area contributed by atoms with Crippen LogP contribution in [-0.2, 0) is 4.79 Å². The number of aromatic nitrogens is 1. The maximum atomic E-state index is 12.3. The quantitative estimate of drug-likeness (QED) is 0.855. The zero-order valence-electron chi connectivity index (χ0n) is 14.0. The maximum Gasteiger partial charge on any atom is 0.289 e. The highest BCUT2D eigenvalue weighted by Gasteiger charge is 2.24. The summed E-state index contributed by atoms with van der Waals surface area (Å²) in [6.45, 7) is 4.26. The van der Waals surface area contributed by atoms with Crippen molar-refractivity contribution in [1.29, 1.82) is 0 Å². The highest BCUT2D eigenvalue weighted by Crippen LogP contribution is 2.18. The van der Waals surface area contributed by atoms with E-state index in [1.54, 1.807) is 36.2 Å². The van der Waals surface area contributed by atoms with Crippen molar-refractivity contribution in [2.45, 2.75) is 13.0 Å². The van der Waals surface area contributed by atoms with Crippen LogP contribution in [0.5, 0.6) is 0 Å². The van der Waals surface area contributed by atoms with Gasteiger partial charge in [-0.15, -0.1) is 0 Å². The Balaban J connectivity index is 1.56. The molecule has 1 atom stereocenters. The first-order valence-electron chi connectivity index (χ1n) is 8.15. The predicted octanol–water partition coefficient (Wildman–Crippen LogP) is 0.923. The molecule has 8 heteroatoms. The SMILES string of the molecule is CC(N)C(=O)Nc1ccc(N2CCN(C(=O)c3ccco3)CC2)cn1. The van der Waals surface area contributed by atoms with Crippen LogP contribution in [-0.4, -0.2) is 53.9 Å². The number of hydrogen-bond donors (Lipinski definition) is 2. The van der Waals surface area contributed by atoms with Gasteiger partial charge in [0.05, 0.1) is 24.2 Å². The number of hydrogen-bond acceptors (Lipinski definition) is 6. The summed E-state index contributed by atoms with van der Waals surface area (Å²) in [4.78, 5) is 32.0. The normalized spacial score (nSPS) is 15.8. The molecule has 132 valence electrons. The van der Waals surface area contributed by atoms with Crippen LogP contribution >= 0.6 is 0 Å². The smallest absolute Gasteiger partial charge is 0.289 e. The van der Waals surface area contributed by atoms with E-state index < -0.39 is 6.04 Å². The Morgan fingerprint density at radius 3 is 2.56 bits per heavy atom. The second kappa shape index (κ2) is 7.35. The number of amides is 2. The van der Waals surface area contributed by atoms with Gasteiger partial charge in [-0.25, -0.2) is 4.98 Å². The molecule has 1 fully saturated rings. The van der Waals surface area contributed by atoms with Gasteiger partial charge in [-0.05, 0) is 31.2 Å². The van der Waals surface area contributed by atoms with Crippen molar-refractivity contribution < 1.29 is 14.0 Å². The molecule has 1 aliphatic heterocycles. The van der Waals surface area contributed by atoms with Crippen molar-refractivity contribution in [1.82, 2.24) is 9.88 Å². The summed E-state index contributed by atoms with van der Waals surface area (Å²) < 4.78 is 5.16. The second-order valence-corrected chi connectivity index (χ2v) is 5.94. The minimum atomic E-state index is -0.582. The minimum Gasteiger partial charge on any atom is -0.459 e. The van der Waals surface area contributed by atoms with Gasteiger partial charge < -0.3 is 25.3 Å². The van der Waals surface area contributed by atoms with Crippen LogP contribution in [0.2, 0.25) is 0 Å². The number of carbonyl (C=O) groups excluding carboxylic acids is 2. The molecule has 3 heterocycles. The molecule has 1 aliphatic rings. The van der Waals surface area contributed by atoms with Crippen LogP contribution in [0.15, 0.2) is 41.1 Å². The summed E-state index contributed by atoms with van der Waals surface area (Å²) in [7, 11) is 0. The summed E-state index contributed by atoms with van der Waals surface area (Å²) in [5.41, 5.74) is 6.46.